The van der Waals surface area contributed by atoms with Gasteiger partial charge in [-0.3, -0.25) is 4.79 Å². The monoisotopic (exact) mass is 327 g/mol. The molecule has 2 rings (SSSR count). The molecule has 24 heavy (non-hydrogen) atoms. The predicted molar refractivity (Wildman–Crippen MR) is 91.5 cm³/mol. The summed E-state index contributed by atoms with van der Waals surface area (Å²) >= 11 is 0. The number of aliphatic carboxylic acids is 1. The van der Waals surface area contributed by atoms with Crippen LogP contribution in [-0.2, 0) is 20.9 Å². The van der Waals surface area contributed by atoms with E-state index < -0.39 is 17.5 Å². The average molecular weight is 327 g/mol. The third-order valence-corrected chi connectivity index (χ3v) is 4.01. The largest absolute Gasteiger partial charge is 0.479 e. The molecule has 0 aliphatic heterocycles. The zero-order valence-electron chi connectivity index (χ0n) is 14.0. The Kier molecular flexibility index (Phi) is 5.36. The van der Waals surface area contributed by atoms with E-state index >= 15 is 0 Å². The summed E-state index contributed by atoms with van der Waals surface area (Å²) in [5.74, 6) is -2.00. The molecule has 0 spiro atoms. The van der Waals surface area contributed by atoms with Crippen molar-refractivity contribution in [3.05, 3.63) is 59.7 Å². The number of amides is 1. The van der Waals surface area contributed by atoms with Crippen molar-refractivity contribution in [3.8, 4) is 11.1 Å². The normalized spacial score (nSPS) is 13.1. The molecule has 5 heteroatoms. The molecular formula is C19H21NO4. The van der Waals surface area contributed by atoms with Crippen LogP contribution in [0.2, 0.25) is 0 Å². The Morgan fingerprint density at radius 1 is 1.12 bits per heavy atom. The van der Waals surface area contributed by atoms with Gasteiger partial charge in [0.15, 0.2) is 0 Å². The maximum atomic E-state index is 12.0. The van der Waals surface area contributed by atoms with E-state index in [9.17, 15) is 9.59 Å². The highest BCUT2D eigenvalue weighted by atomic mass is 16.5. The highest BCUT2D eigenvalue weighted by Crippen LogP contribution is 2.21. The molecule has 0 aliphatic carbocycles. The van der Waals surface area contributed by atoms with Crippen LogP contribution in [0, 0.1) is 6.92 Å². The second-order valence-electron chi connectivity index (χ2n) is 5.79. The first-order valence-electron chi connectivity index (χ1n) is 7.59. The van der Waals surface area contributed by atoms with E-state index in [1.807, 2.05) is 49.4 Å². The summed E-state index contributed by atoms with van der Waals surface area (Å²) in [5.41, 5.74) is 2.39. The number of carboxylic acids is 1. The topological polar surface area (TPSA) is 75.6 Å². The molecule has 0 bridgehead atoms. The SMILES string of the molecule is COC(C)(C(=O)O)C(=O)NCc1ccc(-c2cccc(C)c2)cc1. The number of carbonyl (C=O) groups is 2. The molecule has 0 saturated carbocycles. The van der Waals surface area contributed by atoms with Gasteiger partial charge in [-0.05, 0) is 30.5 Å². The van der Waals surface area contributed by atoms with E-state index in [1.165, 1.54) is 19.6 Å². The fraction of sp³-hybridized carbons (Fsp3) is 0.263. The molecule has 0 heterocycles. The number of hydrogen-bond acceptors (Lipinski definition) is 3. The van der Waals surface area contributed by atoms with Crippen LogP contribution in [0.4, 0.5) is 0 Å². The van der Waals surface area contributed by atoms with Gasteiger partial charge in [-0.15, -0.1) is 0 Å². The minimum atomic E-state index is -1.89. The molecule has 0 saturated heterocycles. The van der Waals surface area contributed by atoms with Gasteiger partial charge in [-0.1, -0.05) is 54.1 Å². The van der Waals surface area contributed by atoms with Crippen LogP contribution < -0.4 is 5.32 Å². The minimum Gasteiger partial charge on any atom is -0.479 e. The lowest BCUT2D eigenvalue weighted by molar-refractivity contribution is -0.167. The van der Waals surface area contributed by atoms with Crippen molar-refractivity contribution < 1.29 is 19.4 Å². The number of carbonyl (C=O) groups excluding carboxylic acids is 1. The first-order chi connectivity index (χ1) is 11.4. The van der Waals surface area contributed by atoms with Gasteiger partial charge in [0, 0.05) is 13.7 Å². The Morgan fingerprint density at radius 3 is 2.33 bits per heavy atom. The van der Waals surface area contributed by atoms with Crippen molar-refractivity contribution in [1.29, 1.82) is 0 Å². The van der Waals surface area contributed by atoms with E-state index in [2.05, 4.69) is 11.4 Å². The molecule has 2 aromatic carbocycles. The smallest absolute Gasteiger partial charge is 0.345 e. The molecule has 2 aromatic rings. The van der Waals surface area contributed by atoms with E-state index in [0.717, 1.165) is 16.7 Å². The standard InChI is InChI=1S/C19H21NO4/c1-13-5-4-6-16(11-13)15-9-7-14(8-10-15)12-20-17(21)19(2,24-3)18(22)23/h4-11H,12H2,1-3H3,(H,20,21)(H,22,23). The van der Waals surface area contributed by atoms with Crippen LogP contribution >= 0.6 is 0 Å². The van der Waals surface area contributed by atoms with E-state index in [0.29, 0.717) is 0 Å². The molecule has 5 nitrogen and oxygen atoms in total. The summed E-state index contributed by atoms with van der Waals surface area (Å²) in [7, 11) is 1.20. The quantitative estimate of drug-likeness (QED) is 0.800. The second kappa shape index (κ2) is 7.27. The molecule has 1 atom stereocenters. The predicted octanol–water partition coefficient (Wildman–Crippen LogP) is 2.77. The summed E-state index contributed by atoms with van der Waals surface area (Å²) < 4.78 is 4.83. The third kappa shape index (κ3) is 3.81. The fourth-order valence-corrected chi connectivity index (χ4v) is 2.27. The van der Waals surface area contributed by atoms with Crippen molar-refractivity contribution in [1.82, 2.24) is 5.32 Å². The number of aryl methyl sites for hydroxylation is 1. The van der Waals surface area contributed by atoms with Gasteiger partial charge in [0.2, 0.25) is 5.60 Å². The van der Waals surface area contributed by atoms with Crippen LogP contribution in [0.3, 0.4) is 0 Å². The zero-order valence-corrected chi connectivity index (χ0v) is 14.0. The molecule has 0 aliphatic rings. The van der Waals surface area contributed by atoms with Crippen molar-refractivity contribution in [3.63, 3.8) is 0 Å². The lowest BCUT2D eigenvalue weighted by Gasteiger charge is -2.21. The zero-order chi connectivity index (χ0) is 17.7. The van der Waals surface area contributed by atoms with E-state index in [-0.39, 0.29) is 6.54 Å². The number of carboxylic acid groups (broad SMARTS) is 1. The first kappa shape index (κ1) is 17.7. The number of hydrogen-bond donors (Lipinski definition) is 2. The van der Waals surface area contributed by atoms with Crippen LogP contribution in [0.15, 0.2) is 48.5 Å². The number of ether oxygens (including phenoxy) is 1. The van der Waals surface area contributed by atoms with Gasteiger partial charge in [0.25, 0.3) is 5.91 Å². The van der Waals surface area contributed by atoms with Crippen molar-refractivity contribution in [2.45, 2.75) is 26.0 Å². The lowest BCUT2D eigenvalue weighted by Crippen LogP contribution is -2.51. The van der Waals surface area contributed by atoms with Gasteiger partial charge < -0.3 is 15.2 Å². The second-order valence-corrected chi connectivity index (χ2v) is 5.79. The minimum absolute atomic E-state index is 0.235. The van der Waals surface area contributed by atoms with Crippen molar-refractivity contribution in [2.24, 2.45) is 0 Å². The summed E-state index contributed by atoms with van der Waals surface area (Å²) in [5, 5.41) is 11.7. The van der Waals surface area contributed by atoms with Crippen LogP contribution in [0.5, 0.6) is 0 Å². The lowest BCUT2D eigenvalue weighted by atomic mass is 10.0. The molecular weight excluding hydrogens is 306 g/mol. The highest BCUT2D eigenvalue weighted by Gasteiger charge is 2.41. The Bertz CT molecular complexity index is 739. The van der Waals surface area contributed by atoms with Crippen molar-refractivity contribution in [2.75, 3.05) is 7.11 Å². The van der Waals surface area contributed by atoms with E-state index in [1.54, 1.807) is 0 Å². The first-order valence-corrected chi connectivity index (χ1v) is 7.59. The average Bonchev–Trinajstić information content (AvgIpc) is 2.59. The fourth-order valence-electron chi connectivity index (χ4n) is 2.27. The van der Waals surface area contributed by atoms with Gasteiger partial charge in [-0.2, -0.15) is 0 Å². The highest BCUT2D eigenvalue weighted by molar-refractivity contribution is 6.04. The van der Waals surface area contributed by atoms with Crippen LogP contribution in [-0.4, -0.2) is 29.7 Å². The van der Waals surface area contributed by atoms with Gasteiger partial charge in [0.05, 0.1) is 0 Å². The maximum Gasteiger partial charge on any atom is 0.345 e. The third-order valence-electron chi connectivity index (χ3n) is 4.01. The molecule has 0 fully saturated rings. The number of rotatable bonds is 6. The Balaban J connectivity index is 2.05. The summed E-state index contributed by atoms with van der Waals surface area (Å²) in [4.78, 5) is 23.2. The summed E-state index contributed by atoms with van der Waals surface area (Å²) in [6.07, 6.45) is 0. The molecule has 0 radical (unpaired) electrons. The van der Waals surface area contributed by atoms with Gasteiger partial charge in [-0.25, -0.2) is 4.79 Å². The molecule has 126 valence electrons. The molecule has 1 unspecified atom stereocenters. The molecule has 0 aromatic heterocycles. The van der Waals surface area contributed by atoms with Crippen LogP contribution in [0.1, 0.15) is 18.1 Å². The molecule has 1 amide bonds. The Hall–Kier alpha value is -2.66. The van der Waals surface area contributed by atoms with Crippen LogP contribution in [0.25, 0.3) is 11.1 Å². The summed E-state index contributed by atoms with van der Waals surface area (Å²) in [6, 6.07) is 16.0. The Morgan fingerprint density at radius 2 is 1.79 bits per heavy atom. The van der Waals surface area contributed by atoms with Gasteiger partial charge >= 0.3 is 5.97 Å². The number of methoxy groups -OCH3 is 1. The number of benzene rings is 2. The van der Waals surface area contributed by atoms with E-state index in [4.69, 9.17) is 9.84 Å². The maximum absolute atomic E-state index is 12.0. The van der Waals surface area contributed by atoms with Gasteiger partial charge in [0.1, 0.15) is 0 Å². The number of nitrogens with one attached hydrogen (secondary N) is 1. The summed E-state index contributed by atoms with van der Waals surface area (Å²) in [6.45, 7) is 3.51. The Labute approximate surface area is 141 Å². The molecule has 2 N–H and O–H groups in total. The van der Waals surface area contributed by atoms with Crippen molar-refractivity contribution >= 4 is 11.9 Å².